The molecule has 31 heavy (non-hydrogen) atoms. The molecule has 0 N–H and O–H groups in total. The lowest BCUT2D eigenvalue weighted by atomic mass is 9.78. The molecule has 1 heterocycles. The lowest BCUT2D eigenvalue weighted by molar-refractivity contribution is 0.0695. The van der Waals surface area contributed by atoms with Gasteiger partial charge in [-0.15, -0.1) is 11.3 Å². The number of allylic oxidation sites excluding steroid dienone is 1. The summed E-state index contributed by atoms with van der Waals surface area (Å²) >= 11 is 8.22. The molecule has 1 aliphatic carbocycles. The van der Waals surface area contributed by atoms with Crippen LogP contribution in [-0.4, -0.2) is 13.2 Å². The van der Waals surface area contributed by atoms with Gasteiger partial charge < -0.3 is 9.47 Å². The first-order chi connectivity index (χ1) is 15.0. The van der Waals surface area contributed by atoms with Crippen LogP contribution in [0.3, 0.4) is 0 Å². The number of benzene rings is 2. The molecule has 2 nitrogen and oxygen atoms in total. The fourth-order valence-corrected chi connectivity index (χ4v) is 5.06. The average Bonchev–Trinajstić information content (AvgIpc) is 3.43. The quantitative estimate of drug-likeness (QED) is 0.336. The molecule has 4 heteroatoms. The molecule has 0 saturated carbocycles. The number of hydrogen-bond donors (Lipinski definition) is 0. The van der Waals surface area contributed by atoms with Crippen molar-refractivity contribution in [3.05, 3.63) is 99.2 Å². The van der Waals surface area contributed by atoms with E-state index in [1.807, 2.05) is 0 Å². The Kier molecular flexibility index (Phi) is 7.16. The van der Waals surface area contributed by atoms with Crippen molar-refractivity contribution in [1.29, 1.82) is 0 Å². The summed E-state index contributed by atoms with van der Waals surface area (Å²) in [7, 11) is 0. The van der Waals surface area contributed by atoms with Gasteiger partial charge >= 0.3 is 0 Å². The molecule has 0 bridgehead atoms. The average molecular weight is 453 g/mol. The zero-order chi connectivity index (χ0) is 21.7. The highest BCUT2D eigenvalue weighted by Crippen LogP contribution is 2.36. The van der Waals surface area contributed by atoms with Crippen molar-refractivity contribution in [2.75, 3.05) is 13.2 Å². The molecule has 2 aromatic carbocycles. The number of halogens is 1. The van der Waals surface area contributed by atoms with Gasteiger partial charge in [-0.3, -0.25) is 0 Å². The monoisotopic (exact) mass is 452 g/mol. The van der Waals surface area contributed by atoms with E-state index in [2.05, 4.69) is 92.0 Å². The van der Waals surface area contributed by atoms with Gasteiger partial charge in [-0.2, -0.15) is 0 Å². The SMILES string of the molecule is CC(C)(c1ccccc1)c1ccc(OC[C@H]2C(Cl)=CC[C@@H]2COCc2cccs2)cc1. The summed E-state index contributed by atoms with van der Waals surface area (Å²) in [6.45, 7) is 6.44. The third-order valence-electron chi connectivity index (χ3n) is 6.20. The fourth-order valence-electron chi connectivity index (χ4n) is 4.09. The molecular weight excluding hydrogens is 424 g/mol. The molecule has 0 amide bonds. The van der Waals surface area contributed by atoms with Gasteiger partial charge in [0.05, 0.1) is 19.8 Å². The Morgan fingerprint density at radius 2 is 1.68 bits per heavy atom. The van der Waals surface area contributed by atoms with Crippen LogP contribution in [-0.2, 0) is 16.8 Å². The van der Waals surface area contributed by atoms with E-state index >= 15 is 0 Å². The number of ether oxygens (including phenoxy) is 2. The highest BCUT2D eigenvalue weighted by molar-refractivity contribution is 7.09. The second-order valence-corrected chi connectivity index (χ2v) is 10.1. The molecule has 0 saturated heterocycles. The Morgan fingerprint density at radius 3 is 2.39 bits per heavy atom. The van der Waals surface area contributed by atoms with E-state index in [0.717, 1.165) is 17.2 Å². The van der Waals surface area contributed by atoms with Crippen LogP contribution in [0.15, 0.2) is 83.2 Å². The summed E-state index contributed by atoms with van der Waals surface area (Å²) in [6.07, 6.45) is 3.06. The van der Waals surface area contributed by atoms with E-state index in [0.29, 0.717) is 25.7 Å². The van der Waals surface area contributed by atoms with E-state index in [1.165, 1.54) is 16.0 Å². The minimum Gasteiger partial charge on any atom is -0.493 e. The normalized spacial score (nSPS) is 18.7. The third-order valence-corrected chi connectivity index (χ3v) is 7.48. The Bertz CT molecular complexity index is 978. The van der Waals surface area contributed by atoms with Crippen LogP contribution in [0.25, 0.3) is 0 Å². The lowest BCUT2D eigenvalue weighted by Crippen LogP contribution is -2.22. The summed E-state index contributed by atoms with van der Waals surface area (Å²) in [5, 5.41) is 2.97. The highest BCUT2D eigenvalue weighted by atomic mass is 35.5. The lowest BCUT2D eigenvalue weighted by Gasteiger charge is -2.26. The molecule has 3 aromatic rings. The maximum Gasteiger partial charge on any atom is 0.119 e. The van der Waals surface area contributed by atoms with Gasteiger partial charge in [-0.05, 0) is 47.0 Å². The Labute approximate surface area is 194 Å². The largest absolute Gasteiger partial charge is 0.493 e. The summed E-state index contributed by atoms with van der Waals surface area (Å²) in [6, 6.07) is 23.2. The number of rotatable bonds is 9. The zero-order valence-electron chi connectivity index (χ0n) is 18.1. The van der Waals surface area contributed by atoms with Gasteiger partial charge in [0.1, 0.15) is 5.75 Å². The zero-order valence-corrected chi connectivity index (χ0v) is 19.7. The van der Waals surface area contributed by atoms with Crippen LogP contribution in [0.5, 0.6) is 5.75 Å². The molecule has 162 valence electrons. The van der Waals surface area contributed by atoms with Crippen LogP contribution in [0, 0.1) is 11.8 Å². The van der Waals surface area contributed by atoms with Crippen molar-refractivity contribution < 1.29 is 9.47 Å². The predicted molar refractivity (Wildman–Crippen MR) is 130 cm³/mol. The van der Waals surface area contributed by atoms with Crippen LogP contribution in [0.4, 0.5) is 0 Å². The first-order valence-electron chi connectivity index (χ1n) is 10.8. The van der Waals surface area contributed by atoms with Crippen molar-refractivity contribution in [3.8, 4) is 5.75 Å². The van der Waals surface area contributed by atoms with Crippen LogP contribution in [0.2, 0.25) is 0 Å². The van der Waals surface area contributed by atoms with Gasteiger partial charge in [0.25, 0.3) is 0 Å². The van der Waals surface area contributed by atoms with Gasteiger partial charge in [0, 0.05) is 21.2 Å². The Balaban J connectivity index is 1.33. The molecular formula is C27H29ClO2S. The van der Waals surface area contributed by atoms with Crippen molar-refractivity contribution in [3.63, 3.8) is 0 Å². The van der Waals surface area contributed by atoms with E-state index in [-0.39, 0.29) is 11.3 Å². The highest BCUT2D eigenvalue weighted by Gasteiger charge is 2.30. The van der Waals surface area contributed by atoms with Crippen LogP contribution < -0.4 is 4.74 Å². The van der Waals surface area contributed by atoms with Gasteiger partial charge in [0.2, 0.25) is 0 Å². The van der Waals surface area contributed by atoms with E-state index in [1.54, 1.807) is 11.3 Å². The van der Waals surface area contributed by atoms with E-state index in [4.69, 9.17) is 21.1 Å². The van der Waals surface area contributed by atoms with Crippen molar-refractivity contribution in [2.24, 2.45) is 11.8 Å². The van der Waals surface area contributed by atoms with Crippen molar-refractivity contribution in [1.82, 2.24) is 0 Å². The van der Waals surface area contributed by atoms with Gasteiger partial charge in [-0.1, -0.05) is 80.1 Å². The van der Waals surface area contributed by atoms with Crippen molar-refractivity contribution >= 4 is 22.9 Å². The maximum absolute atomic E-state index is 6.50. The summed E-state index contributed by atoms with van der Waals surface area (Å²) in [4.78, 5) is 1.25. The number of thiophene rings is 1. The summed E-state index contributed by atoms with van der Waals surface area (Å²) in [5.41, 5.74) is 2.52. The first kappa shape index (κ1) is 22.1. The Hall–Kier alpha value is -2.07. The third kappa shape index (κ3) is 5.41. The smallest absolute Gasteiger partial charge is 0.119 e. The number of hydrogen-bond acceptors (Lipinski definition) is 3. The summed E-state index contributed by atoms with van der Waals surface area (Å²) < 4.78 is 12.1. The first-order valence-corrected chi connectivity index (χ1v) is 12.0. The Morgan fingerprint density at radius 1 is 0.935 bits per heavy atom. The molecule has 1 aromatic heterocycles. The maximum atomic E-state index is 6.50. The molecule has 0 spiro atoms. The van der Waals surface area contributed by atoms with Crippen LogP contribution >= 0.6 is 22.9 Å². The van der Waals surface area contributed by atoms with Crippen LogP contribution in [0.1, 0.15) is 36.3 Å². The van der Waals surface area contributed by atoms with E-state index in [9.17, 15) is 0 Å². The molecule has 0 aliphatic heterocycles. The molecule has 0 radical (unpaired) electrons. The molecule has 0 unspecified atom stereocenters. The second kappa shape index (κ2) is 10.0. The molecule has 1 aliphatic rings. The molecule has 4 rings (SSSR count). The van der Waals surface area contributed by atoms with E-state index < -0.39 is 0 Å². The standard InChI is InChI=1S/C27H29ClO2S/c1-27(2,21-7-4-3-5-8-21)22-11-13-23(14-12-22)30-19-25-20(10-15-26(25)28)17-29-18-24-9-6-16-31-24/h3-9,11-16,20,25H,10,17-19H2,1-2H3/t20-,25-/m1/s1. The molecule has 2 atom stereocenters. The minimum atomic E-state index is -0.0533. The topological polar surface area (TPSA) is 18.5 Å². The van der Waals surface area contributed by atoms with Gasteiger partial charge in [0.15, 0.2) is 0 Å². The minimum absolute atomic E-state index is 0.0533. The second-order valence-electron chi connectivity index (χ2n) is 8.61. The predicted octanol–water partition coefficient (Wildman–Crippen LogP) is 7.43. The van der Waals surface area contributed by atoms with Gasteiger partial charge in [-0.25, -0.2) is 0 Å². The molecule has 0 fully saturated rings. The summed E-state index contributed by atoms with van der Waals surface area (Å²) in [5.74, 6) is 1.43. The van der Waals surface area contributed by atoms with Crippen molar-refractivity contribution in [2.45, 2.75) is 32.3 Å². The fraction of sp³-hybridized carbons (Fsp3) is 0.333.